The Kier molecular flexibility index (Phi) is 4.88. The smallest absolute Gasteiger partial charge is 0.127 e. The van der Waals surface area contributed by atoms with Crippen molar-refractivity contribution in [1.29, 1.82) is 0 Å². The maximum atomic E-state index is 5.58. The van der Waals surface area contributed by atoms with E-state index in [2.05, 4.69) is 0 Å². The van der Waals surface area contributed by atoms with Gasteiger partial charge in [0.1, 0.15) is 11.5 Å². The van der Waals surface area contributed by atoms with E-state index in [4.69, 9.17) is 16.2 Å². The van der Waals surface area contributed by atoms with Crippen LogP contribution in [0.3, 0.4) is 0 Å². The zero-order valence-corrected chi connectivity index (χ0v) is 10.2. The Morgan fingerprint density at radius 3 is 1.24 bits per heavy atom. The molecule has 0 aromatic heterocycles. The third kappa shape index (κ3) is 4.07. The summed E-state index contributed by atoms with van der Waals surface area (Å²) in [7, 11) is 0. The lowest BCUT2D eigenvalue weighted by atomic mass is 10.3. The van der Waals surface area contributed by atoms with Crippen molar-refractivity contribution in [3.63, 3.8) is 0 Å². The molecule has 2 rings (SSSR count). The maximum Gasteiger partial charge on any atom is 0.127 e. The second kappa shape index (κ2) is 6.43. The summed E-state index contributed by atoms with van der Waals surface area (Å²) in [5.74, 6) is 1.52. The second-order valence-electron chi connectivity index (χ2n) is 3.24. The van der Waals surface area contributed by atoms with Crippen LogP contribution in [-0.4, -0.2) is 0 Å². The van der Waals surface area contributed by atoms with Crippen LogP contribution in [-0.2, 0) is 0 Å². The zero-order valence-electron chi connectivity index (χ0n) is 10.2. The van der Waals surface area contributed by atoms with E-state index >= 15 is 0 Å². The number of benzene rings is 2. The van der Waals surface area contributed by atoms with E-state index in [1.807, 2.05) is 38.1 Å². The number of ether oxygens (including phenoxy) is 1. The molecule has 4 N–H and O–H groups in total. The molecule has 0 saturated carbocycles. The van der Waals surface area contributed by atoms with E-state index in [9.17, 15) is 0 Å². The van der Waals surface area contributed by atoms with Crippen LogP contribution in [0.5, 0.6) is 11.5 Å². The largest absolute Gasteiger partial charge is 0.457 e. The summed E-state index contributed by atoms with van der Waals surface area (Å²) in [6.07, 6.45) is 0. The first-order valence-electron chi connectivity index (χ1n) is 5.63. The van der Waals surface area contributed by atoms with Crippen LogP contribution in [0.2, 0.25) is 0 Å². The predicted molar refractivity (Wildman–Crippen MR) is 73.1 cm³/mol. The van der Waals surface area contributed by atoms with Gasteiger partial charge in [0.25, 0.3) is 0 Å². The number of rotatable bonds is 2. The highest BCUT2D eigenvalue weighted by molar-refractivity contribution is 5.45. The van der Waals surface area contributed by atoms with Crippen LogP contribution in [0.15, 0.2) is 48.5 Å². The molecule has 0 heterocycles. The molecule has 0 fully saturated rings. The average molecular weight is 230 g/mol. The summed E-state index contributed by atoms with van der Waals surface area (Å²) in [5.41, 5.74) is 12.6. The van der Waals surface area contributed by atoms with Gasteiger partial charge in [0.15, 0.2) is 0 Å². The first kappa shape index (κ1) is 12.9. The Balaban J connectivity index is 0.000000686. The maximum absolute atomic E-state index is 5.58. The molecule has 3 nitrogen and oxygen atoms in total. The summed E-state index contributed by atoms with van der Waals surface area (Å²) in [6.45, 7) is 4.00. The van der Waals surface area contributed by atoms with Crippen LogP contribution >= 0.6 is 0 Å². The van der Waals surface area contributed by atoms with E-state index in [1.54, 1.807) is 24.3 Å². The number of anilines is 2. The van der Waals surface area contributed by atoms with Gasteiger partial charge in [-0.3, -0.25) is 0 Å². The van der Waals surface area contributed by atoms with Crippen molar-refractivity contribution in [2.45, 2.75) is 13.8 Å². The molecule has 2 aromatic rings. The Hall–Kier alpha value is -2.16. The van der Waals surface area contributed by atoms with Gasteiger partial charge in [0.05, 0.1) is 0 Å². The quantitative estimate of drug-likeness (QED) is 0.774. The number of hydrogen-bond donors (Lipinski definition) is 2. The number of hydrogen-bond acceptors (Lipinski definition) is 3. The Morgan fingerprint density at radius 1 is 0.647 bits per heavy atom. The fourth-order valence-corrected chi connectivity index (χ4v) is 1.21. The fraction of sp³-hybridized carbons (Fsp3) is 0.143. The van der Waals surface area contributed by atoms with Crippen molar-refractivity contribution in [3.8, 4) is 11.5 Å². The van der Waals surface area contributed by atoms with Crippen LogP contribution in [0, 0.1) is 0 Å². The highest BCUT2D eigenvalue weighted by Crippen LogP contribution is 2.22. The third-order valence-electron chi connectivity index (χ3n) is 2.00. The molecule has 0 aliphatic carbocycles. The fourth-order valence-electron chi connectivity index (χ4n) is 1.21. The molecule has 0 unspecified atom stereocenters. The lowest BCUT2D eigenvalue weighted by Gasteiger charge is -2.05. The average Bonchev–Trinajstić information content (AvgIpc) is 2.37. The van der Waals surface area contributed by atoms with Gasteiger partial charge in [-0.25, -0.2) is 0 Å². The summed E-state index contributed by atoms with van der Waals surface area (Å²) < 4.78 is 5.58. The Morgan fingerprint density at radius 2 is 0.941 bits per heavy atom. The van der Waals surface area contributed by atoms with Crippen molar-refractivity contribution in [1.82, 2.24) is 0 Å². The first-order valence-corrected chi connectivity index (χ1v) is 5.63. The van der Waals surface area contributed by atoms with Crippen molar-refractivity contribution in [2.24, 2.45) is 0 Å². The molecule has 90 valence electrons. The van der Waals surface area contributed by atoms with Crippen LogP contribution in [0.25, 0.3) is 0 Å². The second-order valence-corrected chi connectivity index (χ2v) is 3.24. The van der Waals surface area contributed by atoms with Gasteiger partial charge < -0.3 is 16.2 Å². The van der Waals surface area contributed by atoms with Gasteiger partial charge in [-0.2, -0.15) is 0 Å². The van der Waals surface area contributed by atoms with E-state index in [0.717, 1.165) is 22.9 Å². The highest BCUT2D eigenvalue weighted by Gasteiger charge is 1.96. The van der Waals surface area contributed by atoms with Crippen molar-refractivity contribution < 1.29 is 4.74 Å². The molecule has 0 aliphatic rings. The summed E-state index contributed by atoms with van der Waals surface area (Å²) in [5, 5.41) is 0. The van der Waals surface area contributed by atoms with Gasteiger partial charge in [-0.15, -0.1) is 0 Å². The molecule has 17 heavy (non-hydrogen) atoms. The predicted octanol–water partition coefficient (Wildman–Crippen LogP) is 3.67. The third-order valence-corrected chi connectivity index (χ3v) is 2.00. The van der Waals surface area contributed by atoms with Crippen molar-refractivity contribution in [2.75, 3.05) is 11.5 Å². The minimum absolute atomic E-state index is 0.722. The van der Waals surface area contributed by atoms with Crippen LogP contribution < -0.4 is 16.2 Å². The molecular weight excluding hydrogens is 212 g/mol. The number of nitrogens with two attached hydrogens (primary N) is 2. The normalized spacial score (nSPS) is 9.06. The number of nitrogen functional groups attached to an aromatic ring is 2. The van der Waals surface area contributed by atoms with Gasteiger partial charge in [-0.05, 0) is 48.5 Å². The van der Waals surface area contributed by atoms with Crippen LogP contribution in [0.4, 0.5) is 11.4 Å². The Labute approximate surface area is 102 Å². The van der Waals surface area contributed by atoms with Gasteiger partial charge in [0, 0.05) is 11.4 Å². The molecule has 0 spiro atoms. The zero-order chi connectivity index (χ0) is 12.7. The molecule has 0 amide bonds. The molecule has 0 radical (unpaired) electrons. The summed E-state index contributed by atoms with van der Waals surface area (Å²) >= 11 is 0. The molecular formula is C14H18N2O. The van der Waals surface area contributed by atoms with Gasteiger partial charge in [0.2, 0.25) is 0 Å². The van der Waals surface area contributed by atoms with E-state index in [-0.39, 0.29) is 0 Å². The lowest BCUT2D eigenvalue weighted by Crippen LogP contribution is -1.87. The molecule has 0 atom stereocenters. The summed E-state index contributed by atoms with van der Waals surface area (Å²) in [4.78, 5) is 0. The molecule has 3 heteroatoms. The van der Waals surface area contributed by atoms with Crippen molar-refractivity contribution >= 4 is 11.4 Å². The molecule has 0 bridgehead atoms. The topological polar surface area (TPSA) is 61.3 Å². The highest BCUT2D eigenvalue weighted by atomic mass is 16.5. The first-order chi connectivity index (χ1) is 8.24. The SMILES string of the molecule is CC.Nc1ccc(Oc2ccc(N)cc2)cc1. The molecule has 0 aliphatic heterocycles. The standard InChI is InChI=1S/C12H12N2O.C2H6/c13-9-1-5-11(6-2-9)15-12-7-3-10(14)4-8-12;1-2/h1-8H,13-14H2;1-2H3. The Bertz CT molecular complexity index is 391. The van der Waals surface area contributed by atoms with Crippen LogP contribution in [0.1, 0.15) is 13.8 Å². The van der Waals surface area contributed by atoms with E-state index < -0.39 is 0 Å². The van der Waals surface area contributed by atoms with E-state index in [1.165, 1.54) is 0 Å². The molecule has 0 saturated heterocycles. The van der Waals surface area contributed by atoms with Gasteiger partial charge in [-0.1, -0.05) is 13.8 Å². The lowest BCUT2D eigenvalue weighted by molar-refractivity contribution is 0.483. The monoisotopic (exact) mass is 230 g/mol. The minimum Gasteiger partial charge on any atom is -0.457 e. The minimum atomic E-state index is 0.722. The van der Waals surface area contributed by atoms with Crippen molar-refractivity contribution in [3.05, 3.63) is 48.5 Å². The summed E-state index contributed by atoms with van der Waals surface area (Å²) in [6, 6.07) is 14.5. The van der Waals surface area contributed by atoms with Gasteiger partial charge >= 0.3 is 0 Å². The molecule has 2 aromatic carbocycles. The van der Waals surface area contributed by atoms with E-state index in [0.29, 0.717) is 0 Å².